The van der Waals surface area contributed by atoms with Crippen molar-refractivity contribution in [3.05, 3.63) is 71.9 Å². The van der Waals surface area contributed by atoms with Gasteiger partial charge in [-0.25, -0.2) is 4.98 Å². The van der Waals surface area contributed by atoms with Crippen LogP contribution in [0.5, 0.6) is 5.88 Å². The zero-order chi connectivity index (χ0) is 14.7. The van der Waals surface area contributed by atoms with Crippen molar-refractivity contribution in [1.82, 2.24) is 4.98 Å². The summed E-state index contributed by atoms with van der Waals surface area (Å²) in [5.41, 5.74) is 1.64. The van der Waals surface area contributed by atoms with Crippen LogP contribution in [0, 0.1) is 0 Å². The topological polar surface area (TPSA) is 39.2 Å². The van der Waals surface area contributed by atoms with E-state index < -0.39 is 0 Å². The number of carbonyl (C=O) groups excluding carboxylic acids is 1. The van der Waals surface area contributed by atoms with Crippen LogP contribution < -0.4 is 4.74 Å². The summed E-state index contributed by atoms with van der Waals surface area (Å²) in [6.07, 6.45) is 2.02. The van der Waals surface area contributed by atoms with Gasteiger partial charge in [-0.1, -0.05) is 48.5 Å². The number of hydrogen-bond donors (Lipinski definition) is 0. The summed E-state index contributed by atoms with van der Waals surface area (Å²) in [5, 5.41) is 2.07. The van der Waals surface area contributed by atoms with Gasteiger partial charge in [0.05, 0.1) is 7.11 Å². The lowest BCUT2D eigenvalue weighted by Crippen LogP contribution is -2.04. The number of pyridine rings is 1. The van der Waals surface area contributed by atoms with Gasteiger partial charge in [0, 0.05) is 24.2 Å². The highest BCUT2D eigenvalue weighted by atomic mass is 16.5. The molecule has 0 saturated heterocycles. The minimum absolute atomic E-state index is 0.0961. The molecule has 0 fully saturated rings. The molecule has 0 aliphatic rings. The van der Waals surface area contributed by atoms with E-state index in [1.54, 1.807) is 19.4 Å². The highest BCUT2D eigenvalue weighted by Gasteiger charge is 2.10. The van der Waals surface area contributed by atoms with Crippen LogP contribution in [0.1, 0.15) is 15.9 Å². The summed E-state index contributed by atoms with van der Waals surface area (Å²) < 4.78 is 5.02. The van der Waals surface area contributed by atoms with Gasteiger partial charge in [0.15, 0.2) is 5.78 Å². The van der Waals surface area contributed by atoms with Crippen molar-refractivity contribution in [3.63, 3.8) is 0 Å². The summed E-state index contributed by atoms with van der Waals surface area (Å²) in [7, 11) is 1.57. The van der Waals surface area contributed by atoms with E-state index in [4.69, 9.17) is 4.74 Å². The van der Waals surface area contributed by atoms with Gasteiger partial charge in [0.25, 0.3) is 0 Å². The molecule has 1 aromatic heterocycles. The fraction of sp³-hybridized carbons (Fsp3) is 0.111. The van der Waals surface area contributed by atoms with Crippen LogP contribution in [-0.2, 0) is 6.42 Å². The molecule has 1 heterocycles. The smallest absolute Gasteiger partial charge is 0.212 e. The molecule has 0 aliphatic carbocycles. The van der Waals surface area contributed by atoms with Gasteiger partial charge < -0.3 is 4.74 Å². The summed E-state index contributed by atoms with van der Waals surface area (Å²) in [5.74, 6) is 0.648. The summed E-state index contributed by atoms with van der Waals surface area (Å²) >= 11 is 0. The number of Topliss-reactive ketones (excluding diaryl/α,β-unsaturated/α-hetero) is 1. The Kier molecular flexibility index (Phi) is 3.65. The Hall–Kier alpha value is -2.68. The molecule has 0 N–H and O–H groups in total. The van der Waals surface area contributed by atoms with E-state index in [0.717, 1.165) is 21.9 Å². The van der Waals surface area contributed by atoms with Gasteiger partial charge in [-0.2, -0.15) is 0 Å². The zero-order valence-electron chi connectivity index (χ0n) is 11.7. The third-order valence-corrected chi connectivity index (χ3v) is 3.46. The molecule has 0 aliphatic heterocycles. The van der Waals surface area contributed by atoms with Gasteiger partial charge in [0.1, 0.15) is 0 Å². The van der Waals surface area contributed by atoms with E-state index in [1.165, 1.54) is 0 Å². The van der Waals surface area contributed by atoms with Crippen molar-refractivity contribution >= 4 is 16.6 Å². The van der Waals surface area contributed by atoms with Crippen LogP contribution in [-0.4, -0.2) is 17.9 Å². The van der Waals surface area contributed by atoms with Crippen LogP contribution in [0.4, 0.5) is 0 Å². The van der Waals surface area contributed by atoms with Crippen molar-refractivity contribution in [2.75, 3.05) is 7.11 Å². The second kappa shape index (κ2) is 5.75. The van der Waals surface area contributed by atoms with Crippen molar-refractivity contribution in [1.29, 1.82) is 0 Å². The van der Waals surface area contributed by atoms with Crippen molar-refractivity contribution < 1.29 is 9.53 Å². The van der Waals surface area contributed by atoms with Crippen LogP contribution >= 0.6 is 0 Å². The average molecular weight is 277 g/mol. The highest BCUT2D eigenvalue weighted by molar-refractivity contribution is 6.08. The Morgan fingerprint density at radius 3 is 2.62 bits per heavy atom. The molecule has 0 unspecified atom stereocenters. The Balaban J connectivity index is 1.90. The predicted molar refractivity (Wildman–Crippen MR) is 82.8 cm³/mol. The lowest BCUT2D eigenvalue weighted by atomic mass is 9.98. The third-order valence-electron chi connectivity index (χ3n) is 3.46. The fourth-order valence-electron chi connectivity index (χ4n) is 2.39. The normalized spacial score (nSPS) is 10.5. The van der Waals surface area contributed by atoms with Crippen molar-refractivity contribution in [2.45, 2.75) is 6.42 Å². The van der Waals surface area contributed by atoms with Crippen molar-refractivity contribution in [3.8, 4) is 5.88 Å². The van der Waals surface area contributed by atoms with E-state index in [1.807, 2.05) is 48.5 Å². The maximum Gasteiger partial charge on any atom is 0.212 e. The largest absolute Gasteiger partial charge is 0.481 e. The molecule has 0 saturated carbocycles. The first-order valence-electron chi connectivity index (χ1n) is 6.78. The summed E-state index contributed by atoms with van der Waals surface area (Å²) in [4.78, 5) is 16.7. The number of nitrogens with zero attached hydrogens (tertiary/aromatic N) is 1. The number of carbonyl (C=O) groups is 1. The molecule has 3 aromatic rings. The van der Waals surface area contributed by atoms with Gasteiger partial charge in [-0.15, -0.1) is 0 Å². The zero-order valence-corrected chi connectivity index (χ0v) is 11.7. The molecule has 104 valence electrons. The van der Waals surface area contributed by atoms with Crippen LogP contribution in [0.15, 0.2) is 60.8 Å². The van der Waals surface area contributed by atoms with Gasteiger partial charge >= 0.3 is 0 Å². The van der Waals surface area contributed by atoms with E-state index in [9.17, 15) is 4.79 Å². The number of hydrogen-bond acceptors (Lipinski definition) is 3. The molecule has 3 heteroatoms. The fourth-order valence-corrected chi connectivity index (χ4v) is 2.39. The first-order chi connectivity index (χ1) is 10.3. The second-order valence-corrected chi connectivity index (χ2v) is 4.84. The third kappa shape index (κ3) is 2.77. The number of benzene rings is 2. The van der Waals surface area contributed by atoms with Crippen LogP contribution in [0.25, 0.3) is 10.8 Å². The van der Waals surface area contributed by atoms with E-state index in [-0.39, 0.29) is 5.78 Å². The number of rotatable bonds is 4. The molecule has 0 atom stereocenters. The molecule has 0 amide bonds. The van der Waals surface area contributed by atoms with E-state index >= 15 is 0 Å². The highest BCUT2D eigenvalue weighted by Crippen LogP contribution is 2.20. The number of aromatic nitrogens is 1. The quantitative estimate of drug-likeness (QED) is 0.683. The Morgan fingerprint density at radius 1 is 1.05 bits per heavy atom. The summed E-state index contributed by atoms with van der Waals surface area (Å²) in [6.45, 7) is 0. The standard InChI is InChI=1S/C18H15NO2/c1-21-18-10-9-13(12-19-18)11-17(20)16-8-4-6-14-5-2-3-7-15(14)16/h2-10,12H,11H2,1H3. The molecule has 3 nitrogen and oxygen atoms in total. The summed E-state index contributed by atoms with van der Waals surface area (Å²) in [6, 6.07) is 17.4. The van der Waals surface area contributed by atoms with Gasteiger partial charge in [-0.3, -0.25) is 4.79 Å². The number of ether oxygens (including phenoxy) is 1. The molecule has 0 radical (unpaired) electrons. The molecule has 0 spiro atoms. The van der Waals surface area contributed by atoms with Crippen LogP contribution in [0.3, 0.4) is 0 Å². The molecule has 21 heavy (non-hydrogen) atoms. The average Bonchev–Trinajstić information content (AvgIpc) is 2.55. The predicted octanol–water partition coefficient (Wildman–Crippen LogP) is 3.67. The number of methoxy groups -OCH3 is 1. The minimum Gasteiger partial charge on any atom is -0.481 e. The molecular weight excluding hydrogens is 262 g/mol. The van der Waals surface area contributed by atoms with E-state index in [0.29, 0.717) is 12.3 Å². The minimum atomic E-state index is 0.0961. The molecule has 0 bridgehead atoms. The Labute approximate surface area is 123 Å². The maximum atomic E-state index is 12.5. The monoisotopic (exact) mass is 277 g/mol. The second-order valence-electron chi connectivity index (χ2n) is 4.84. The SMILES string of the molecule is COc1ccc(CC(=O)c2cccc3ccccc23)cn1. The first-order valence-corrected chi connectivity index (χ1v) is 6.78. The van der Waals surface area contributed by atoms with Gasteiger partial charge in [0.2, 0.25) is 5.88 Å². The Bertz CT molecular complexity index is 773. The molecular formula is C18H15NO2. The number of ketones is 1. The Morgan fingerprint density at radius 2 is 1.86 bits per heavy atom. The number of fused-ring (bicyclic) bond motifs is 1. The first kappa shape index (κ1) is 13.3. The lowest BCUT2D eigenvalue weighted by Gasteiger charge is -2.06. The lowest BCUT2D eigenvalue weighted by molar-refractivity contribution is 0.0994. The van der Waals surface area contributed by atoms with E-state index in [2.05, 4.69) is 4.98 Å². The maximum absolute atomic E-state index is 12.5. The van der Waals surface area contributed by atoms with Crippen LogP contribution in [0.2, 0.25) is 0 Å². The molecule has 2 aromatic carbocycles. The van der Waals surface area contributed by atoms with Crippen molar-refractivity contribution in [2.24, 2.45) is 0 Å². The van der Waals surface area contributed by atoms with Gasteiger partial charge in [-0.05, 0) is 16.3 Å². The molecule has 3 rings (SSSR count).